The van der Waals surface area contributed by atoms with E-state index in [1.807, 2.05) is 84.7 Å². The van der Waals surface area contributed by atoms with Crippen molar-refractivity contribution in [2.45, 2.75) is 25.8 Å². The van der Waals surface area contributed by atoms with Crippen LogP contribution in [0, 0.1) is 0 Å². The van der Waals surface area contributed by atoms with Gasteiger partial charge in [-0.2, -0.15) is 4.98 Å². The van der Waals surface area contributed by atoms with Crippen molar-refractivity contribution in [3.8, 4) is 5.75 Å². The number of anilines is 2. The van der Waals surface area contributed by atoms with Gasteiger partial charge in [-0.05, 0) is 53.9 Å². The molecule has 1 atom stereocenters. The molecule has 0 saturated heterocycles. The molecule has 1 unspecified atom stereocenters. The minimum atomic E-state index is -0.887. The van der Waals surface area contributed by atoms with Gasteiger partial charge < -0.3 is 24.5 Å². The van der Waals surface area contributed by atoms with E-state index in [4.69, 9.17) is 9.15 Å². The molecule has 4 aromatic rings. The van der Waals surface area contributed by atoms with Gasteiger partial charge >= 0.3 is 5.97 Å². The summed E-state index contributed by atoms with van der Waals surface area (Å²) in [5.41, 5.74) is 4.52. The summed E-state index contributed by atoms with van der Waals surface area (Å²) in [5, 5.41) is 12.8. The summed E-state index contributed by atoms with van der Waals surface area (Å²) in [7, 11) is 1.91. The molecule has 34 heavy (non-hydrogen) atoms. The Bertz CT molecular complexity index is 1190. The third-order valence-corrected chi connectivity index (χ3v) is 5.67. The van der Waals surface area contributed by atoms with Crippen LogP contribution in [0.1, 0.15) is 18.1 Å². The Balaban J connectivity index is 1.28. The average molecular weight is 460 g/mol. The highest BCUT2D eigenvalue weighted by Gasteiger charge is 2.18. The highest BCUT2D eigenvalue weighted by atomic mass is 16.5. The molecule has 0 spiro atoms. The Labute approximate surface area is 199 Å². The van der Waals surface area contributed by atoms with Crippen molar-refractivity contribution in [1.82, 2.24) is 4.98 Å². The van der Waals surface area contributed by atoms with Gasteiger partial charge in [0.15, 0.2) is 5.58 Å². The number of para-hydroxylation sites is 2. The van der Waals surface area contributed by atoms with Crippen LogP contribution in [0.2, 0.25) is 0 Å². The summed E-state index contributed by atoms with van der Waals surface area (Å²) in [6.07, 6.45) is 1.32. The van der Waals surface area contributed by atoms with Crippen molar-refractivity contribution in [2.24, 2.45) is 0 Å². The molecular formula is C27H29N3O4. The van der Waals surface area contributed by atoms with Crippen molar-refractivity contribution in [3.63, 3.8) is 0 Å². The molecule has 176 valence electrons. The molecule has 7 nitrogen and oxygen atoms in total. The smallest absolute Gasteiger partial charge is 0.326 e. The van der Waals surface area contributed by atoms with E-state index in [2.05, 4.69) is 17.2 Å². The van der Waals surface area contributed by atoms with Crippen LogP contribution in [-0.4, -0.2) is 42.3 Å². The molecule has 1 aromatic heterocycles. The third kappa shape index (κ3) is 5.86. The number of aromatic nitrogens is 1. The van der Waals surface area contributed by atoms with Crippen LogP contribution in [0.15, 0.2) is 77.2 Å². The van der Waals surface area contributed by atoms with E-state index < -0.39 is 12.0 Å². The Hall–Kier alpha value is -4.00. The maximum atomic E-state index is 11.8. The SMILES string of the molecule is CCc1ccc(NC(Cc2ccc(OCCN(C)c3nc4ccccc4o3)cc2)C(=O)O)cc1. The predicted octanol–water partition coefficient (Wildman–Crippen LogP) is 5.01. The topological polar surface area (TPSA) is 87.8 Å². The van der Waals surface area contributed by atoms with Gasteiger partial charge in [0, 0.05) is 19.2 Å². The molecule has 1 heterocycles. The normalized spacial score (nSPS) is 11.8. The largest absolute Gasteiger partial charge is 0.492 e. The first kappa shape index (κ1) is 23.2. The van der Waals surface area contributed by atoms with Crippen molar-refractivity contribution >= 4 is 28.8 Å². The van der Waals surface area contributed by atoms with Crippen molar-refractivity contribution in [3.05, 3.63) is 83.9 Å². The molecule has 3 aromatic carbocycles. The van der Waals surface area contributed by atoms with Crippen LogP contribution in [0.25, 0.3) is 11.1 Å². The molecule has 0 bridgehead atoms. The minimum absolute atomic E-state index is 0.367. The molecule has 0 fully saturated rings. The number of aliphatic carboxylic acids is 1. The molecule has 7 heteroatoms. The van der Waals surface area contributed by atoms with Gasteiger partial charge in [-0.3, -0.25) is 0 Å². The van der Waals surface area contributed by atoms with E-state index in [1.54, 1.807) is 0 Å². The lowest BCUT2D eigenvalue weighted by Crippen LogP contribution is -2.31. The molecule has 4 rings (SSSR count). The Morgan fingerprint density at radius 2 is 1.76 bits per heavy atom. The molecular weight excluding hydrogens is 430 g/mol. The monoisotopic (exact) mass is 459 g/mol. The number of carbonyl (C=O) groups is 1. The van der Waals surface area contributed by atoms with Gasteiger partial charge in [0.2, 0.25) is 0 Å². The minimum Gasteiger partial charge on any atom is -0.492 e. The number of oxazole rings is 1. The summed E-state index contributed by atoms with van der Waals surface area (Å²) >= 11 is 0. The number of hydrogen-bond acceptors (Lipinski definition) is 6. The number of likely N-dealkylation sites (N-methyl/N-ethyl adjacent to an activating group) is 1. The molecule has 0 amide bonds. The van der Waals surface area contributed by atoms with Crippen LogP contribution < -0.4 is 15.0 Å². The molecule has 0 aliphatic carbocycles. The van der Waals surface area contributed by atoms with E-state index in [0.717, 1.165) is 34.5 Å². The zero-order valence-electron chi connectivity index (χ0n) is 19.4. The van der Waals surface area contributed by atoms with Gasteiger partial charge in [-0.25, -0.2) is 4.79 Å². The van der Waals surface area contributed by atoms with E-state index in [-0.39, 0.29) is 0 Å². The van der Waals surface area contributed by atoms with Crippen LogP contribution in [-0.2, 0) is 17.6 Å². The van der Waals surface area contributed by atoms with Gasteiger partial charge in [-0.15, -0.1) is 0 Å². The maximum absolute atomic E-state index is 11.8. The van der Waals surface area contributed by atoms with E-state index in [0.29, 0.717) is 25.6 Å². The van der Waals surface area contributed by atoms with Crippen LogP contribution in [0.4, 0.5) is 11.7 Å². The first-order chi connectivity index (χ1) is 16.5. The lowest BCUT2D eigenvalue weighted by molar-refractivity contribution is -0.137. The number of nitrogens with zero attached hydrogens (tertiary/aromatic N) is 2. The summed E-state index contributed by atoms with van der Waals surface area (Å²) in [4.78, 5) is 18.2. The summed E-state index contributed by atoms with van der Waals surface area (Å²) < 4.78 is 11.6. The molecule has 0 radical (unpaired) electrons. The van der Waals surface area contributed by atoms with Crippen molar-refractivity contribution < 1.29 is 19.1 Å². The van der Waals surface area contributed by atoms with E-state index in [9.17, 15) is 9.90 Å². The highest BCUT2D eigenvalue weighted by molar-refractivity contribution is 5.78. The molecule has 0 aliphatic heterocycles. The fraction of sp³-hybridized carbons (Fsp3) is 0.259. The van der Waals surface area contributed by atoms with Gasteiger partial charge in [-0.1, -0.05) is 43.3 Å². The fourth-order valence-corrected chi connectivity index (χ4v) is 3.61. The summed E-state index contributed by atoms with van der Waals surface area (Å²) in [6, 6.07) is 22.9. The lowest BCUT2D eigenvalue weighted by atomic mass is 10.1. The summed E-state index contributed by atoms with van der Waals surface area (Å²) in [5.74, 6) is -0.160. The highest BCUT2D eigenvalue weighted by Crippen LogP contribution is 2.21. The van der Waals surface area contributed by atoms with Crippen LogP contribution in [0.5, 0.6) is 5.75 Å². The number of ether oxygens (including phenoxy) is 1. The Morgan fingerprint density at radius 1 is 1.06 bits per heavy atom. The molecule has 2 N–H and O–H groups in total. The first-order valence-corrected chi connectivity index (χ1v) is 11.4. The number of rotatable bonds is 11. The lowest BCUT2D eigenvalue weighted by Gasteiger charge is -2.17. The second-order valence-electron chi connectivity index (χ2n) is 8.17. The van der Waals surface area contributed by atoms with E-state index in [1.165, 1.54) is 5.56 Å². The number of nitrogens with one attached hydrogen (secondary N) is 1. The maximum Gasteiger partial charge on any atom is 0.326 e. The number of carboxylic acids is 1. The molecule has 0 saturated carbocycles. The number of fused-ring (bicyclic) bond motifs is 1. The second kappa shape index (κ2) is 10.7. The number of aryl methyl sites for hydroxylation is 1. The average Bonchev–Trinajstić information content (AvgIpc) is 3.29. The Morgan fingerprint density at radius 3 is 2.44 bits per heavy atom. The quantitative estimate of drug-likeness (QED) is 0.326. The van der Waals surface area contributed by atoms with Crippen molar-refractivity contribution in [2.75, 3.05) is 30.4 Å². The molecule has 0 aliphatic rings. The number of hydrogen-bond donors (Lipinski definition) is 2. The zero-order chi connectivity index (χ0) is 23.9. The van der Waals surface area contributed by atoms with Crippen LogP contribution >= 0.6 is 0 Å². The third-order valence-electron chi connectivity index (χ3n) is 5.67. The second-order valence-corrected chi connectivity index (χ2v) is 8.17. The fourth-order valence-electron chi connectivity index (χ4n) is 3.61. The first-order valence-electron chi connectivity index (χ1n) is 11.4. The number of benzene rings is 3. The Kier molecular flexibility index (Phi) is 7.32. The number of carboxylic acid groups (broad SMARTS) is 1. The van der Waals surface area contributed by atoms with Gasteiger partial charge in [0.25, 0.3) is 6.01 Å². The van der Waals surface area contributed by atoms with Gasteiger partial charge in [0.1, 0.15) is 23.9 Å². The predicted molar refractivity (Wildman–Crippen MR) is 134 cm³/mol. The van der Waals surface area contributed by atoms with E-state index >= 15 is 0 Å². The van der Waals surface area contributed by atoms with Crippen molar-refractivity contribution in [1.29, 1.82) is 0 Å². The van der Waals surface area contributed by atoms with Crippen LogP contribution in [0.3, 0.4) is 0 Å². The van der Waals surface area contributed by atoms with Gasteiger partial charge in [0.05, 0.1) is 6.54 Å². The summed E-state index contributed by atoms with van der Waals surface area (Å²) in [6.45, 7) is 3.16. The zero-order valence-corrected chi connectivity index (χ0v) is 19.4. The standard InChI is InChI=1S/C27H29N3O4/c1-3-19-8-12-21(13-9-19)28-24(26(31)32)18-20-10-14-22(15-11-20)33-17-16-30(2)27-29-23-6-4-5-7-25(23)34-27/h4-15,24,28H,3,16-18H2,1-2H3,(H,31,32).